The van der Waals surface area contributed by atoms with Gasteiger partial charge >= 0.3 is 0 Å². The maximum atomic E-state index is 12.4. The van der Waals surface area contributed by atoms with Gasteiger partial charge in [-0.3, -0.25) is 4.79 Å². The Kier molecular flexibility index (Phi) is 3.64. The van der Waals surface area contributed by atoms with Crippen LogP contribution in [0, 0.1) is 0 Å². The Labute approximate surface area is 121 Å². The Morgan fingerprint density at radius 2 is 2.35 bits per heavy atom. The van der Waals surface area contributed by atoms with Crippen LogP contribution in [0.1, 0.15) is 24.4 Å². The van der Waals surface area contributed by atoms with Crippen LogP contribution in [0.5, 0.6) is 0 Å². The van der Waals surface area contributed by atoms with Gasteiger partial charge in [-0.2, -0.15) is 0 Å². The third-order valence-electron chi connectivity index (χ3n) is 3.50. The number of tetrazole rings is 1. The molecule has 1 saturated heterocycles. The SMILES string of the molecule is O=C(Cn1cnnn1)N1CCCC1c1cccc(Cl)c1. The van der Waals surface area contributed by atoms with E-state index in [0.29, 0.717) is 5.02 Å². The quantitative estimate of drug-likeness (QED) is 0.863. The molecular weight excluding hydrogens is 278 g/mol. The van der Waals surface area contributed by atoms with Crippen molar-refractivity contribution in [2.75, 3.05) is 6.54 Å². The van der Waals surface area contributed by atoms with Gasteiger partial charge in [-0.25, -0.2) is 4.68 Å². The summed E-state index contributed by atoms with van der Waals surface area (Å²) >= 11 is 6.03. The molecule has 0 aliphatic carbocycles. The molecule has 0 radical (unpaired) electrons. The first-order chi connectivity index (χ1) is 9.74. The van der Waals surface area contributed by atoms with Gasteiger partial charge in [0.2, 0.25) is 5.91 Å². The monoisotopic (exact) mass is 291 g/mol. The fraction of sp³-hybridized carbons (Fsp3) is 0.385. The van der Waals surface area contributed by atoms with Crippen molar-refractivity contribution >= 4 is 17.5 Å². The molecule has 1 aromatic heterocycles. The largest absolute Gasteiger partial charge is 0.334 e. The summed E-state index contributed by atoms with van der Waals surface area (Å²) in [6.07, 6.45) is 3.41. The van der Waals surface area contributed by atoms with E-state index in [1.165, 1.54) is 11.0 Å². The number of amides is 1. The smallest absolute Gasteiger partial charge is 0.244 e. The second-order valence-corrected chi connectivity index (χ2v) is 5.24. The molecule has 2 heterocycles. The zero-order valence-corrected chi connectivity index (χ0v) is 11.6. The molecule has 0 spiro atoms. The van der Waals surface area contributed by atoms with Gasteiger partial charge in [-0.15, -0.1) is 5.10 Å². The van der Waals surface area contributed by atoms with Gasteiger partial charge in [0.1, 0.15) is 12.9 Å². The molecule has 1 atom stereocenters. The van der Waals surface area contributed by atoms with Crippen molar-refractivity contribution in [2.45, 2.75) is 25.4 Å². The molecule has 1 aromatic carbocycles. The standard InChI is InChI=1S/C13H14ClN5O/c14-11-4-1-3-10(7-11)12-5-2-6-19(12)13(20)8-18-9-15-16-17-18/h1,3-4,7,9,12H,2,5-6,8H2. The lowest BCUT2D eigenvalue weighted by Gasteiger charge is -2.25. The number of rotatable bonds is 3. The van der Waals surface area contributed by atoms with Gasteiger partial charge in [0, 0.05) is 11.6 Å². The normalized spacial score (nSPS) is 18.4. The summed E-state index contributed by atoms with van der Waals surface area (Å²) in [4.78, 5) is 14.2. The van der Waals surface area contributed by atoms with E-state index in [1.807, 2.05) is 29.2 Å². The first-order valence-electron chi connectivity index (χ1n) is 6.50. The number of likely N-dealkylation sites (tertiary alicyclic amines) is 1. The molecule has 7 heteroatoms. The Bertz CT molecular complexity index is 601. The van der Waals surface area contributed by atoms with E-state index in [4.69, 9.17) is 11.6 Å². The minimum absolute atomic E-state index is 0.0276. The van der Waals surface area contributed by atoms with Gasteiger partial charge < -0.3 is 4.90 Å². The van der Waals surface area contributed by atoms with Gasteiger partial charge in [0.15, 0.2) is 0 Å². The highest BCUT2D eigenvalue weighted by atomic mass is 35.5. The summed E-state index contributed by atoms with van der Waals surface area (Å²) in [6.45, 7) is 0.933. The van der Waals surface area contributed by atoms with Crippen molar-refractivity contribution in [2.24, 2.45) is 0 Å². The van der Waals surface area contributed by atoms with E-state index in [1.54, 1.807) is 0 Å². The summed E-state index contributed by atoms with van der Waals surface area (Å²) < 4.78 is 1.44. The molecule has 0 saturated carbocycles. The van der Waals surface area contributed by atoms with Crippen LogP contribution in [0.15, 0.2) is 30.6 Å². The number of halogens is 1. The van der Waals surface area contributed by atoms with Crippen LogP contribution < -0.4 is 0 Å². The van der Waals surface area contributed by atoms with Crippen LogP contribution in [0.3, 0.4) is 0 Å². The summed E-state index contributed by atoms with van der Waals surface area (Å²) in [7, 11) is 0. The van der Waals surface area contributed by atoms with E-state index in [9.17, 15) is 4.79 Å². The highest BCUT2D eigenvalue weighted by Crippen LogP contribution is 2.33. The Morgan fingerprint density at radius 3 is 3.10 bits per heavy atom. The summed E-state index contributed by atoms with van der Waals surface area (Å²) in [5.74, 6) is 0.0276. The topological polar surface area (TPSA) is 63.9 Å². The fourth-order valence-electron chi connectivity index (χ4n) is 2.61. The number of hydrogen-bond acceptors (Lipinski definition) is 4. The van der Waals surface area contributed by atoms with Crippen molar-refractivity contribution in [1.82, 2.24) is 25.1 Å². The molecule has 20 heavy (non-hydrogen) atoms. The molecule has 104 valence electrons. The molecule has 3 rings (SSSR count). The molecule has 6 nitrogen and oxygen atoms in total. The van der Waals surface area contributed by atoms with Gasteiger partial charge in [-0.1, -0.05) is 23.7 Å². The fourth-order valence-corrected chi connectivity index (χ4v) is 2.81. The van der Waals surface area contributed by atoms with Crippen LogP contribution in [0.25, 0.3) is 0 Å². The summed E-state index contributed by atoms with van der Waals surface area (Å²) in [5.41, 5.74) is 1.08. The number of hydrogen-bond donors (Lipinski definition) is 0. The minimum Gasteiger partial charge on any atom is -0.334 e. The number of nitrogens with zero attached hydrogens (tertiary/aromatic N) is 5. The number of benzene rings is 1. The van der Waals surface area contributed by atoms with Crippen molar-refractivity contribution in [3.05, 3.63) is 41.2 Å². The molecule has 1 unspecified atom stereocenters. The van der Waals surface area contributed by atoms with Crippen molar-refractivity contribution in [1.29, 1.82) is 0 Å². The van der Waals surface area contributed by atoms with E-state index in [-0.39, 0.29) is 18.5 Å². The molecule has 1 aliphatic heterocycles. The predicted molar refractivity (Wildman–Crippen MR) is 73.0 cm³/mol. The van der Waals surface area contributed by atoms with E-state index < -0.39 is 0 Å². The Hall–Kier alpha value is -1.95. The molecule has 2 aromatic rings. The maximum absolute atomic E-state index is 12.4. The number of carbonyl (C=O) groups excluding carboxylic acids is 1. The van der Waals surface area contributed by atoms with Gasteiger partial charge in [-0.05, 0) is 41.0 Å². The van der Waals surface area contributed by atoms with Crippen LogP contribution in [0.4, 0.5) is 0 Å². The van der Waals surface area contributed by atoms with Crippen LogP contribution >= 0.6 is 11.6 Å². The summed E-state index contributed by atoms with van der Waals surface area (Å²) in [6, 6.07) is 7.79. The lowest BCUT2D eigenvalue weighted by Crippen LogP contribution is -2.33. The highest BCUT2D eigenvalue weighted by molar-refractivity contribution is 6.30. The second-order valence-electron chi connectivity index (χ2n) is 4.81. The molecule has 1 fully saturated rings. The van der Waals surface area contributed by atoms with E-state index in [2.05, 4.69) is 15.5 Å². The summed E-state index contributed by atoms with van der Waals surface area (Å²) in [5, 5.41) is 11.5. The minimum atomic E-state index is 0.0276. The lowest BCUT2D eigenvalue weighted by molar-refractivity contribution is -0.133. The zero-order chi connectivity index (χ0) is 13.9. The van der Waals surface area contributed by atoms with Gasteiger partial charge in [0.05, 0.1) is 6.04 Å². The lowest BCUT2D eigenvalue weighted by atomic mass is 10.0. The highest BCUT2D eigenvalue weighted by Gasteiger charge is 2.30. The van der Waals surface area contributed by atoms with Crippen molar-refractivity contribution in [3.8, 4) is 0 Å². The average Bonchev–Trinajstić information content (AvgIpc) is 3.09. The van der Waals surface area contributed by atoms with Crippen molar-refractivity contribution < 1.29 is 4.79 Å². The first-order valence-corrected chi connectivity index (χ1v) is 6.87. The average molecular weight is 292 g/mol. The van der Waals surface area contributed by atoms with Crippen LogP contribution in [-0.2, 0) is 11.3 Å². The zero-order valence-electron chi connectivity index (χ0n) is 10.8. The van der Waals surface area contributed by atoms with Gasteiger partial charge in [0.25, 0.3) is 0 Å². The predicted octanol–water partition coefficient (Wildman–Crippen LogP) is 1.69. The molecule has 1 amide bonds. The molecule has 0 bridgehead atoms. The van der Waals surface area contributed by atoms with Crippen molar-refractivity contribution in [3.63, 3.8) is 0 Å². The number of aromatic nitrogens is 4. The molecule has 0 N–H and O–H groups in total. The molecule has 1 aliphatic rings. The Morgan fingerprint density at radius 1 is 1.45 bits per heavy atom. The van der Waals surface area contributed by atoms with E-state index in [0.717, 1.165) is 24.9 Å². The maximum Gasteiger partial charge on any atom is 0.244 e. The third-order valence-corrected chi connectivity index (χ3v) is 3.73. The van der Waals surface area contributed by atoms with E-state index >= 15 is 0 Å². The first kappa shape index (κ1) is 13.1. The van der Waals surface area contributed by atoms with Crippen LogP contribution in [-0.4, -0.2) is 37.6 Å². The number of carbonyl (C=O) groups is 1. The second kappa shape index (κ2) is 5.58. The third kappa shape index (κ3) is 2.65. The van der Waals surface area contributed by atoms with Crippen LogP contribution in [0.2, 0.25) is 5.02 Å². The Balaban J connectivity index is 1.77. The molecular formula is C13H14ClN5O.